The van der Waals surface area contributed by atoms with Crippen LogP contribution in [0.3, 0.4) is 0 Å². The summed E-state index contributed by atoms with van der Waals surface area (Å²) in [4.78, 5) is 57.6. The van der Waals surface area contributed by atoms with Gasteiger partial charge in [-0.1, -0.05) is 6.07 Å². The van der Waals surface area contributed by atoms with Crippen LogP contribution in [0.5, 0.6) is 11.5 Å². The number of aryl methyl sites for hydroxylation is 1. The number of nitrogens with one attached hydrogen (secondary N) is 3. The largest absolute Gasteiger partial charge is 0.495 e. The molecule has 2 aromatic heterocycles. The first kappa shape index (κ1) is 38.2. The predicted octanol–water partition coefficient (Wildman–Crippen LogP) is 3.56. The highest BCUT2D eigenvalue weighted by Gasteiger charge is 2.27. The summed E-state index contributed by atoms with van der Waals surface area (Å²) in [6, 6.07) is 13.6. The summed E-state index contributed by atoms with van der Waals surface area (Å²) >= 11 is 0. The first-order valence-corrected chi connectivity index (χ1v) is 18.0. The molecule has 3 N–H and O–H groups in total. The first-order valence-electron chi connectivity index (χ1n) is 18.0. The molecular weight excluding hydrogens is 696 g/mol. The minimum atomic E-state index is -0.554. The maximum absolute atomic E-state index is 12.9. The van der Waals surface area contributed by atoms with Crippen molar-refractivity contribution in [2.45, 2.75) is 32.2 Å². The van der Waals surface area contributed by atoms with Gasteiger partial charge in [-0.25, -0.2) is 9.78 Å². The number of hydrogen-bond donors (Lipinski definition) is 3. The molecule has 2 fully saturated rings. The van der Waals surface area contributed by atoms with E-state index in [9.17, 15) is 19.2 Å². The van der Waals surface area contributed by atoms with Crippen LogP contribution in [0.15, 0.2) is 54.7 Å². The van der Waals surface area contributed by atoms with E-state index in [1.54, 1.807) is 37.4 Å². The molecule has 0 bridgehead atoms. The van der Waals surface area contributed by atoms with E-state index in [0.29, 0.717) is 67.1 Å². The molecule has 16 nitrogen and oxygen atoms in total. The molecule has 286 valence electrons. The Labute approximate surface area is 313 Å². The fourth-order valence-electron chi connectivity index (χ4n) is 6.48. The molecule has 54 heavy (non-hydrogen) atoms. The van der Waals surface area contributed by atoms with Crippen molar-refractivity contribution in [3.63, 3.8) is 0 Å². The lowest BCUT2D eigenvalue weighted by Gasteiger charge is -2.31. The number of fused-ring (bicyclic) bond motifs is 1. The van der Waals surface area contributed by atoms with Crippen LogP contribution >= 0.6 is 0 Å². The lowest BCUT2D eigenvalue weighted by molar-refractivity contribution is -0.120. The zero-order valence-corrected chi connectivity index (χ0v) is 30.8. The third-order valence-corrected chi connectivity index (χ3v) is 9.39. The van der Waals surface area contributed by atoms with Gasteiger partial charge in [0.05, 0.1) is 63.6 Å². The topological polar surface area (TPSA) is 178 Å². The highest BCUT2D eigenvalue weighted by atomic mass is 16.5. The van der Waals surface area contributed by atoms with Crippen molar-refractivity contribution in [1.82, 2.24) is 30.3 Å². The number of imide groups is 1. The Bertz CT molecular complexity index is 1980. The average molecular weight is 743 g/mol. The number of carbonyl (C=O) groups excluding carboxylic acids is 4. The smallest absolute Gasteiger partial charge is 0.328 e. The number of carbonyl (C=O) groups is 4. The molecule has 0 radical (unpaired) electrons. The van der Waals surface area contributed by atoms with E-state index in [1.165, 1.54) is 12.0 Å². The first-order chi connectivity index (χ1) is 26.2. The molecule has 2 aromatic carbocycles. The number of anilines is 2. The molecule has 2 aliphatic rings. The van der Waals surface area contributed by atoms with Crippen molar-refractivity contribution in [1.29, 1.82) is 0 Å². The Morgan fingerprint density at radius 1 is 0.907 bits per heavy atom. The second-order valence-electron chi connectivity index (χ2n) is 13.0. The van der Waals surface area contributed by atoms with Crippen LogP contribution in [-0.2, 0) is 14.3 Å². The highest BCUT2D eigenvalue weighted by Crippen LogP contribution is 2.33. The fourth-order valence-corrected chi connectivity index (χ4v) is 6.48. The standard InChI is InChI=1S/C38H46N8O8/c1-25-5-4-6-29(40-25)37(49)41-31-21-27-24-46(43-30(27)23-34(31)52-3)28-9-13-44(14-10-28)16-18-54-20-19-53-17-12-39-36(48)26-7-8-33(51-2)32(22-26)45-15-11-35(47)42-38(45)50/h4-8,21-24,28H,9-20H2,1-3H3,(H,39,48)(H,41,49)(H,42,47,50). The third-order valence-electron chi connectivity index (χ3n) is 9.39. The van der Waals surface area contributed by atoms with Gasteiger partial charge in [0.1, 0.15) is 17.2 Å². The summed E-state index contributed by atoms with van der Waals surface area (Å²) < 4.78 is 24.4. The number of urea groups is 1. The number of amides is 5. The van der Waals surface area contributed by atoms with Crippen molar-refractivity contribution < 1.29 is 38.1 Å². The Balaban J connectivity index is 0.867. The average Bonchev–Trinajstić information content (AvgIpc) is 3.59. The van der Waals surface area contributed by atoms with E-state index in [-0.39, 0.29) is 36.7 Å². The van der Waals surface area contributed by atoms with Gasteiger partial charge in [0.2, 0.25) is 5.91 Å². The monoisotopic (exact) mass is 742 g/mol. The molecule has 2 aliphatic heterocycles. The Morgan fingerprint density at radius 2 is 1.69 bits per heavy atom. The van der Waals surface area contributed by atoms with E-state index >= 15 is 0 Å². The summed E-state index contributed by atoms with van der Waals surface area (Å²) in [5.41, 5.74) is 3.25. The minimum absolute atomic E-state index is 0.161. The third kappa shape index (κ3) is 9.50. The van der Waals surface area contributed by atoms with Crippen LogP contribution in [-0.4, -0.2) is 117 Å². The van der Waals surface area contributed by atoms with Crippen molar-refractivity contribution in [2.75, 3.05) is 83.6 Å². The number of rotatable bonds is 16. The van der Waals surface area contributed by atoms with Gasteiger partial charge >= 0.3 is 6.03 Å². The van der Waals surface area contributed by atoms with E-state index in [0.717, 1.165) is 49.1 Å². The quantitative estimate of drug-likeness (QED) is 0.143. The molecule has 4 aromatic rings. The highest BCUT2D eigenvalue weighted by molar-refractivity contribution is 6.07. The molecule has 16 heteroatoms. The van der Waals surface area contributed by atoms with Gasteiger partial charge in [-0.15, -0.1) is 0 Å². The van der Waals surface area contributed by atoms with Crippen molar-refractivity contribution in [3.05, 3.63) is 71.7 Å². The van der Waals surface area contributed by atoms with Gasteiger partial charge in [-0.2, -0.15) is 5.10 Å². The molecule has 0 saturated carbocycles. The number of ether oxygens (including phenoxy) is 4. The maximum atomic E-state index is 12.9. The maximum Gasteiger partial charge on any atom is 0.328 e. The lowest BCUT2D eigenvalue weighted by Crippen LogP contribution is -2.49. The molecule has 2 saturated heterocycles. The van der Waals surface area contributed by atoms with E-state index < -0.39 is 6.03 Å². The van der Waals surface area contributed by atoms with Gasteiger partial charge in [0.15, 0.2) is 0 Å². The van der Waals surface area contributed by atoms with Gasteiger partial charge < -0.3 is 34.5 Å². The van der Waals surface area contributed by atoms with Crippen molar-refractivity contribution in [3.8, 4) is 11.5 Å². The van der Waals surface area contributed by atoms with Crippen LogP contribution in [0.2, 0.25) is 0 Å². The number of benzene rings is 2. The SMILES string of the molecule is COc1cc2nn(C3CCN(CCOCCOCCNC(=O)c4ccc(OC)c(N5CCC(=O)NC5=O)c4)CC3)cc2cc1NC(=O)c1cccc(C)n1. The molecule has 0 spiro atoms. The van der Waals surface area contributed by atoms with E-state index in [4.69, 9.17) is 24.0 Å². The summed E-state index contributed by atoms with van der Waals surface area (Å²) in [7, 11) is 3.05. The van der Waals surface area contributed by atoms with Crippen LogP contribution in [0.25, 0.3) is 10.9 Å². The number of nitrogens with zero attached hydrogens (tertiary/aromatic N) is 5. The summed E-state index contributed by atoms with van der Waals surface area (Å²) in [6.45, 7) is 6.77. The predicted molar refractivity (Wildman–Crippen MR) is 200 cm³/mol. The second-order valence-corrected chi connectivity index (χ2v) is 13.0. The number of piperidine rings is 1. The van der Waals surface area contributed by atoms with Crippen molar-refractivity contribution in [2.24, 2.45) is 0 Å². The lowest BCUT2D eigenvalue weighted by atomic mass is 10.1. The van der Waals surface area contributed by atoms with Crippen LogP contribution in [0, 0.1) is 6.92 Å². The molecule has 0 aliphatic carbocycles. The van der Waals surface area contributed by atoms with Gasteiger partial charge in [0, 0.05) is 68.1 Å². The number of likely N-dealkylation sites (tertiary alicyclic amines) is 1. The molecular formula is C38H46N8O8. The summed E-state index contributed by atoms with van der Waals surface area (Å²) in [6.07, 6.45) is 4.10. The van der Waals surface area contributed by atoms with Crippen LogP contribution in [0.4, 0.5) is 16.2 Å². The van der Waals surface area contributed by atoms with Crippen LogP contribution < -0.4 is 30.3 Å². The van der Waals surface area contributed by atoms with Gasteiger partial charge in [0.25, 0.3) is 11.8 Å². The molecule has 0 atom stereocenters. The zero-order valence-electron chi connectivity index (χ0n) is 30.8. The fraction of sp³-hybridized carbons (Fsp3) is 0.421. The van der Waals surface area contributed by atoms with Crippen LogP contribution in [0.1, 0.15) is 51.8 Å². The normalized spacial score (nSPS) is 15.3. The minimum Gasteiger partial charge on any atom is -0.495 e. The Hall–Kier alpha value is -5.58. The van der Waals surface area contributed by atoms with Gasteiger partial charge in [-0.05, 0) is 56.2 Å². The van der Waals surface area contributed by atoms with Crippen molar-refractivity contribution >= 4 is 46.0 Å². The molecule has 5 amide bonds. The Morgan fingerprint density at radius 3 is 2.43 bits per heavy atom. The zero-order chi connectivity index (χ0) is 38.0. The summed E-state index contributed by atoms with van der Waals surface area (Å²) in [5, 5.41) is 13.8. The van der Waals surface area contributed by atoms with E-state index in [1.807, 2.05) is 36.0 Å². The number of pyridine rings is 1. The Kier molecular flexibility index (Phi) is 12.7. The molecule has 4 heterocycles. The van der Waals surface area contributed by atoms with Gasteiger partial charge in [-0.3, -0.25) is 29.3 Å². The number of aromatic nitrogens is 3. The number of hydrogen-bond acceptors (Lipinski definition) is 11. The number of methoxy groups -OCH3 is 2. The molecule has 6 rings (SSSR count). The summed E-state index contributed by atoms with van der Waals surface area (Å²) in [5.74, 6) is -0.00200. The molecule has 0 unspecified atom stereocenters. The van der Waals surface area contributed by atoms with E-state index in [2.05, 4.69) is 25.8 Å². The second kappa shape index (κ2) is 18.0.